The number of nitrogens with two attached hydrogens (primary N) is 1. The van der Waals surface area contributed by atoms with Crippen LogP contribution in [0.5, 0.6) is 5.75 Å². The lowest BCUT2D eigenvalue weighted by Gasteiger charge is -2.11. The fourth-order valence-corrected chi connectivity index (χ4v) is 2.34. The molecule has 4 heteroatoms. The Hall–Kier alpha value is -2.33. The maximum atomic E-state index is 11.0. The lowest BCUT2D eigenvalue weighted by atomic mass is 10.1. The number of primary amides is 1. The van der Waals surface area contributed by atoms with Crippen molar-refractivity contribution in [1.29, 1.82) is 0 Å². The summed E-state index contributed by atoms with van der Waals surface area (Å²) in [4.78, 5) is 11.0. The summed E-state index contributed by atoms with van der Waals surface area (Å²) in [6, 6.07) is 18.1. The van der Waals surface area contributed by atoms with Crippen LogP contribution >= 0.6 is 0 Å². The van der Waals surface area contributed by atoms with Gasteiger partial charge >= 0.3 is 0 Å². The van der Waals surface area contributed by atoms with Gasteiger partial charge in [-0.15, -0.1) is 0 Å². The Balaban J connectivity index is 1.64. The van der Waals surface area contributed by atoms with Crippen LogP contribution in [-0.2, 0) is 17.8 Å². The number of carbonyl (C=O) groups excluding carboxylic acids is 1. The quantitative estimate of drug-likeness (QED) is 0.660. The Morgan fingerprint density at radius 2 is 1.75 bits per heavy atom. The molecule has 0 heterocycles. The monoisotopic (exact) mass is 326 g/mol. The fourth-order valence-electron chi connectivity index (χ4n) is 2.34. The molecule has 4 nitrogen and oxygen atoms in total. The minimum atomic E-state index is -0.342. The molecule has 2 aromatic carbocycles. The third-order valence-electron chi connectivity index (χ3n) is 3.93. The third-order valence-corrected chi connectivity index (χ3v) is 3.93. The molecule has 0 aromatic heterocycles. The molecule has 24 heavy (non-hydrogen) atoms. The second-order valence-electron chi connectivity index (χ2n) is 5.94. The lowest BCUT2D eigenvalue weighted by Crippen LogP contribution is -2.38. The second-order valence-corrected chi connectivity index (χ2v) is 5.94. The first-order chi connectivity index (χ1) is 11.6. The maximum Gasteiger partial charge on any atom is 0.234 e. The van der Waals surface area contributed by atoms with Crippen LogP contribution in [0.1, 0.15) is 30.9 Å². The maximum absolute atomic E-state index is 11.0. The molecule has 2 aromatic rings. The highest BCUT2D eigenvalue weighted by Gasteiger charge is 2.06. The molecular weight excluding hydrogens is 300 g/mol. The van der Waals surface area contributed by atoms with Crippen LogP contribution in [0, 0.1) is 0 Å². The van der Waals surface area contributed by atoms with Crippen molar-refractivity contribution < 1.29 is 9.53 Å². The van der Waals surface area contributed by atoms with Gasteiger partial charge in [0.25, 0.3) is 0 Å². The van der Waals surface area contributed by atoms with Crippen molar-refractivity contribution in [2.45, 2.75) is 38.8 Å². The molecule has 0 aliphatic rings. The lowest BCUT2D eigenvalue weighted by molar-refractivity contribution is -0.119. The molecule has 0 fully saturated rings. The van der Waals surface area contributed by atoms with Crippen LogP contribution in [-0.4, -0.2) is 18.6 Å². The Labute approximate surface area is 144 Å². The zero-order chi connectivity index (χ0) is 17.2. The van der Waals surface area contributed by atoms with E-state index in [4.69, 9.17) is 10.5 Å². The zero-order valence-electron chi connectivity index (χ0n) is 14.2. The van der Waals surface area contributed by atoms with Gasteiger partial charge < -0.3 is 15.8 Å². The molecule has 2 rings (SSSR count). The van der Waals surface area contributed by atoms with E-state index in [9.17, 15) is 4.79 Å². The van der Waals surface area contributed by atoms with Crippen molar-refractivity contribution in [2.24, 2.45) is 5.73 Å². The van der Waals surface area contributed by atoms with Gasteiger partial charge in [-0.05, 0) is 49.4 Å². The van der Waals surface area contributed by atoms with E-state index >= 15 is 0 Å². The highest BCUT2D eigenvalue weighted by molar-refractivity contribution is 5.79. The standard InChI is InChI=1S/C20H26N2O2/c1-16(20(21)23)22-15-18-10-12-19(13-11-18)24-14-6-5-9-17-7-3-2-4-8-17/h2-4,7-8,10-13,16,22H,5-6,9,14-15H2,1H3,(H2,21,23)/t16-/m0/s1. The minimum absolute atomic E-state index is 0.328. The summed E-state index contributed by atoms with van der Waals surface area (Å²) in [5.74, 6) is 0.534. The van der Waals surface area contributed by atoms with Crippen LogP contribution in [0.3, 0.4) is 0 Å². The summed E-state index contributed by atoms with van der Waals surface area (Å²) in [5, 5.41) is 3.08. The summed E-state index contributed by atoms with van der Waals surface area (Å²) < 4.78 is 5.77. The summed E-state index contributed by atoms with van der Waals surface area (Å²) >= 11 is 0. The number of hydrogen-bond donors (Lipinski definition) is 2. The van der Waals surface area contributed by atoms with E-state index in [2.05, 4.69) is 29.6 Å². The number of unbranched alkanes of at least 4 members (excludes halogenated alkanes) is 1. The molecule has 1 atom stereocenters. The highest BCUT2D eigenvalue weighted by Crippen LogP contribution is 2.13. The van der Waals surface area contributed by atoms with Gasteiger partial charge in [0.1, 0.15) is 5.75 Å². The molecule has 0 radical (unpaired) electrons. The van der Waals surface area contributed by atoms with E-state index in [0.29, 0.717) is 6.54 Å². The number of amides is 1. The number of nitrogens with one attached hydrogen (secondary N) is 1. The van der Waals surface area contributed by atoms with Crippen molar-refractivity contribution in [1.82, 2.24) is 5.32 Å². The first kappa shape index (κ1) is 18.0. The van der Waals surface area contributed by atoms with Gasteiger partial charge in [0.05, 0.1) is 12.6 Å². The first-order valence-electron chi connectivity index (χ1n) is 8.43. The van der Waals surface area contributed by atoms with Gasteiger partial charge in [0, 0.05) is 6.54 Å². The predicted octanol–water partition coefficient (Wildman–Crippen LogP) is 3.05. The smallest absolute Gasteiger partial charge is 0.234 e. The van der Waals surface area contributed by atoms with Gasteiger partial charge in [-0.1, -0.05) is 42.5 Å². The summed E-state index contributed by atoms with van der Waals surface area (Å²) in [6.07, 6.45) is 3.25. The van der Waals surface area contributed by atoms with Gasteiger partial charge in [-0.2, -0.15) is 0 Å². The van der Waals surface area contributed by atoms with E-state index in [0.717, 1.165) is 37.2 Å². The SMILES string of the molecule is C[C@H](NCc1ccc(OCCCCc2ccccc2)cc1)C(N)=O. The molecule has 0 unspecified atom stereocenters. The van der Waals surface area contributed by atoms with E-state index in [1.165, 1.54) is 5.56 Å². The third kappa shape index (κ3) is 6.42. The van der Waals surface area contributed by atoms with E-state index < -0.39 is 0 Å². The molecule has 0 spiro atoms. The molecule has 128 valence electrons. The highest BCUT2D eigenvalue weighted by atomic mass is 16.5. The molecule has 3 N–H and O–H groups in total. The molecule has 0 bridgehead atoms. The van der Waals surface area contributed by atoms with Gasteiger partial charge in [0.15, 0.2) is 0 Å². The average molecular weight is 326 g/mol. The van der Waals surface area contributed by atoms with Crippen molar-refractivity contribution >= 4 is 5.91 Å². The largest absolute Gasteiger partial charge is 0.494 e. The van der Waals surface area contributed by atoms with Crippen molar-refractivity contribution in [3.8, 4) is 5.75 Å². The molecule has 1 amide bonds. The number of aryl methyl sites for hydroxylation is 1. The van der Waals surface area contributed by atoms with Crippen LogP contribution < -0.4 is 15.8 Å². The van der Waals surface area contributed by atoms with Crippen LogP contribution in [0.25, 0.3) is 0 Å². The molecule has 0 aliphatic carbocycles. The van der Waals surface area contributed by atoms with Crippen LogP contribution in [0.2, 0.25) is 0 Å². The van der Waals surface area contributed by atoms with Gasteiger partial charge in [-0.25, -0.2) is 0 Å². The number of carbonyl (C=O) groups is 1. The normalized spacial score (nSPS) is 11.9. The van der Waals surface area contributed by atoms with Crippen molar-refractivity contribution in [2.75, 3.05) is 6.61 Å². The van der Waals surface area contributed by atoms with Crippen LogP contribution in [0.4, 0.5) is 0 Å². The Morgan fingerprint density at radius 3 is 2.42 bits per heavy atom. The Morgan fingerprint density at radius 1 is 1.04 bits per heavy atom. The zero-order valence-corrected chi connectivity index (χ0v) is 14.2. The Bertz CT molecular complexity index is 611. The minimum Gasteiger partial charge on any atom is -0.494 e. The molecule has 0 saturated carbocycles. The summed E-state index contributed by atoms with van der Waals surface area (Å²) in [6.45, 7) is 3.10. The topological polar surface area (TPSA) is 64.3 Å². The molecule has 0 saturated heterocycles. The predicted molar refractivity (Wildman–Crippen MR) is 96.8 cm³/mol. The van der Waals surface area contributed by atoms with E-state index in [1.54, 1.807) is 6.92 Å². The molecular formula is C20H26N2O2. The van der Waals surface area contributed by atoms with Crippen molar-refractivity contribution in [3.63, 3.8) is 0 Å². The number of hydrogen-bond acceptors (Lipinski definition) is 3. The second kappa shape index (κ2) is 9.73. The fraction of sp³-hybridized carbons (Fsp3) is 0.350. The summed E-state index contributed by atoms with van der Waals surface area (Å²) in [7, 11) is 0. The Kier molecular flexibility index (Phi) is 7.30. The first-order valence-corrected chi connectivity index (χ1v) is 8.43. The summed E-state index contributed by atoms with van der Waals surface area (Å²) in [5.41, 5.74) is 7.69. The van der Waals surface area contributed by atoms with E-state index in [1.807, 2.05) is 30.3 Å². The van der Waals surface area contributed by atoms with Crippen molar-refractivity contribution in [3.05, 3.63) is 65.7 Å². The molecule has 0 aliphatic heterocycles. The van der Waals surface area contributed by atoms with E-state index in [-0.39, 0.29) is 11.9 Å². The van der Waals surface area contributed by atoms with Gasteiger partial charge in [0.2, 0.25) is 5.91 Å². The average Bonchev–Trinajstić information content (AvgIpc) is 2.61. The van der Waals surface area contributed by atoms with Crippen LogP contribution in [0.15, 0.2) is 54.6 Å². The van der Waals surface area contributed by atoms with Gasteiger partial charge in [-0.3, -0.25) is 4.79 Å². The number of ether oxygens (including phenoxy) is 1. The number of benzene rings is 2. The number of rotatable bonds is 10.